The summed E-state index contributed by atoms with van der Waals surface area (Å²) >= 11 is 5.62. The van der Waals surface area contributed by atoms with E-state index in [4.69, 9.17) is 20.9 Å². The highest BCUT2D eigenvalue weighted by Crippen LogP contribution is 2.42. The normalized spacial score (nSPS) is 17.6. The van der Waals surface area contributed by atoms with Gasteiger partial charge in [0.05, 0.1) is 0 Å². The van der Waals surface area contributed by atoms with Crippen molar-refractivity contribution in [3.8, 4) is 0 Å². The molecule has 1 atom stereocenters. The van der Waals surface area contributed by atoms with E-state index in [1.165, 1.54) is 12.8 Å². The van der Waals surface area contributed by atoms with E-state index >= 15 is 0 Å². The summed E-state index contributed by atoms with van der Waals surface area (Å²) in [5.41, 5.74) is 0. The van der Waals surface area contributed by atoms with Crippen molar-refractivity contribution in [2.75, 3.05) is 12.5 Å². The molecule has 1 heterocycles. The molecular formula is C11H17ClN2O2. The number of nitrogens with zero attached hydrogens (tertiary/aromatic N) is 2. The summed E-state index contributed by atoms with van der Waals surface area (Å²) in [5, 5.41) is 4.00. The Labute approximate surface area is 100 Å². The molecule has 0 aromatic carbocycles. The van der Waals surface area contributed by atoms with Crippen molar-refractivity contribution >= 4 is 11.6 Å². The third-order valence-electron chi connectivity index (χ3n) is 2.66. The summed E-state index contributed by atoms with van der Waals surface area (Å²) in [6, 6.07) is 0. The minimum Gasteiger partial charge on any atom is -0.370 e. The molecule has 1 aromatic heterocycles. The summed E-state index contributed by atoms with van der Waals surface area (Å²) in [5.74, 6) is 2.57. The van der Waals surface area contributed by atoms with Gasteiger partial charge < -0.3 is 9.26 Å². The van der Waals surface area contributed by atoms with Crippen molar-refractivity contribution in [1.29, 1.82) is 0 Å². The lowest BCUT2D eigenvalue weighted by Crippen LogP contribution is -2.08. The number of rotatable bonds is 7. The van der Waals surface area contributed by atoms with Crippen LogP contribution in [0.3, 0.4) is 0 Å². The Morgan fingerprint density at radius 3 is 3.00 bits per heavy atom. The summed E-state index contributed by atoms with van der Waals surface area (Å²) in [4.78, 5) is 4.37. The first-order chi connectivity index (χ1) is 7.85. The summed E-state index contributed by atoms with van der Waals surface area (Å²) < 4.78 is 10.8. The second-order valence-electron chi connectivity index (χ2n) is 4.05. The van der Waals surface area contributed by atoms with Crippen molar-refractivity contribution in [3.05, 3.63) is 11.7 Å². The number of ether oxygens (including phenoxy) is 1. The first kappa shape index (κ1) is 11.9. The van der Waals surface area contributed by atoms with Crippen LogP contribution in [0.4, 0.5) is 0 Å². The van der Waals surface area contributed by atoms with E-state index < -0.39 is 0 Å². The average molecular weight is 245 g/mol. The molecule has 5 heteroatoms. The minimum absolute atomic E-state index is 0.0264. The van der Waals surface area contributed by atoms with Gasteiger partial charge in [0.2, 0.25) is 11.7 Å². The maximum atomic E-state index is 5.66. The SMILES string of the molecule is CCOC(c1noc(CCCCl)n1)C1CC1. The van der Waals surface area contributed by atoms with Crippen molar-refractivity contribution in [3.63, 3.8) is 0 Å². The molecule has 1 aliphatic carbocycles. The van der Waals surface area contributed by atoms with E-state index in [-0.39, 0.29) is 6.10 Å². The molecule has 2 rings (SSSR count). The first-order valence-electron chi connectivity index (χ1n) is 5.85. The van der Waals surface area contributed by atoms with Gasteiger partial charge >= 0.3 is 0 Å². The third-order valence-corrected chi connectivity index (χ3v) is 2.93. The third kappa shape index (κ3) is 2.95. The first-order valence-corrected chi connectivity index (χ1v) is 6.38. The number of aromatic nitrogens is 2. The van der Waals surface area contributed by atoms with Crippen LogP contribution in [0.2, 0.25) is 0 Å². The number of aryl methyl sites for hydroxylation is 1. The molecule has 0 aliphatic heterocycles. The van der Waals surface area contributed by atoms with Gasteiger partial charge in [-0.05, 0) is 32.1 Å². The van der Waals surface area contributed by atoms with E-state index in [9.17, 15) is 0 Å². The van der Waals surface area contributed by atoms with Crippen LogP contribution in [0, 0.1) is 5.92 Å². The van der Waals surface area contributed by atoms with E-state index in [0.717, 1.165) is 12.8 Å². The monoisotopic (exact) mass is 244 g/mol. The zero-order valence-electron chi connectivity index (χ0n) is 9.49. The highest BCUT2D eigenvalue weighted by molar-refractivity contribution is 6.17. The Kier molecular flexibility index (Phi) is 4.18. The molecule has 0 saturated heterocycles. The Morgan fingerprint density at radius 1 is 1.56 bits per heavy atom. The van der Waals surface area contributed by atoms with Crippen LogP contribution >= 0.6 is 11.6 Å². The van der Waals surface area contributed by atoms with Gasteiger partial charge in [0.25, 0.3) is 0 Å². The maximum absolute atomic E-state index is 5.66. The summed E-state index contributed by atoms with van der Waals surface area (Å²) in [7, 11) is 0. The standard InChI is InChI=1S/C11H17ClN2O2/c1-2-15-10(8-5-6-8)11-13-9(16-14-11)4-3-7-12/h8,10H,2-7H2,1H3. The molecule has 0 spiro atoms. The molecule has 1 unspecified atom stereocenters. The molecule has 16 heavy (non-hydrogen) atoms. The van der Waals surface area contributed by atoms with Crippen LogP contribution in [0.1, 0.15) is 44.0 Å². The summed E-state index contributed by atoms with van der Waals surface area (Å²) in [6.07, 6.45) is 4.05. The summed E-state index contributed by atoms with van der Waals surface area (Å²) in [6.45, 7) is 2.68. The zero-order valence-corrected chi connectivity index (χ0v) is 10.2. The lowest BCUT2D eigenvalue weighted by molar-refractivity contribution is 0.0384. The minimum atomic E-state index is 0.0264. The topological polar surface area (TPSA) is 48.2 Å². The predicted octanol–water partition coefficient (Wildman–Crippen LogP) is 2.73. The van der Waals surface area contributed by atoms with E-state index in [1.54, 1.807) is 0 Å². The highest BCUT2D eigenvalue weighted by atomic mass is 35.5. The Balaban J connectivity index is 1.97. The molecule has 1 fully saturated rings. The molecule has 90 valence electrons. The fourth-order valence-corrected chi connectivity index (χ4v) is 1.84. The van der Waals surface area contributed by atoms with Gasteiger partial charge in [-0.2, -0.15) is 4.98 Å². The molecule has 1 aliphatic rings. The second-order valence-corrected chi connectivity index (χ2v) is 4.43. The van der Waals surface area contributed by atoms with E-state index in [2.05, 4.69) is 10.1 Å². The van der Waals surface area contributed by atoms with Crippen molar-refractivity contribution in [2.24, 2.45) is 5.92 Å². The second kappa shape index (κ2) is 5.64. The Hall–Kier alpha value is -0.610. The maximum Gasteiger partial charge on any atom is 0.226 e. The lowest BCUT2D eigenvalue weighted by Gasteiger charge is -2.10. The van der Waals surface area contributed by atoms with Crippen molar-refractivity contribution < 1.29 is 9.26 Å². The molecule has 1 aromatic rings. The van der Waals surface area contributed by atoms with Gasteiger partial charge in [-0.1, -0.05) is 5.16 Å². The average Bonchev–Trinajstić information content (AvgIpc) is 3.02. The van der Waals surface area contributed by atoms with Crippen LogP contribution in [-0.4, -0.2) is 22.6 Å². The number of hydrogen-bond acceptors (Lipinski definition) is 4. The van der Waals surface area contributed by atoms with E-state index in [1.807, 2.05) is 6.92 Å². The van der Waals surface area contributed by atoms with Crippen LogP contribution in [0.5, 0.6) is 0 Å². The molecule has 1 saturated carbocycles. The van der Waals surface area contributed by atoms with Crippen molar-refractivity contribution in [1.82, 2.24) is 10.1 Å². The van der Waals surface area contributed by atoms with Gasteiger partial charge in [-0.15, -0.1) is 11.6 Å². The number of hydrogen-bond donors (Lipinski definition) is 0. The zero-order chi connectivity index (χ0) is 11.4. The van der Waals surface area contributed by atoms with Crippen LogP contribution in [-0.2, 0) is 11.2 Å². The fraction of sp³-hybridized carbons (Fsp3) is 0.818. The fourth-order valence-electron chi connectivity index (χ4n) is 1.70. The van der Waals surface area contributed by atoms with Gasteiger partial charge in [0.15, 0.2) is 0 Å². The van der Waals surface area contributed by atoms with Gasteiger partial charge in [-0.25, -0.2) is 0 Å². The number of alkyl halides is 1. The van der Waals surface area contributed by atoms with Crippen molar-refractivity contribution in [2.45, 2.75) is 38.7 Å². The molecule has 0 radical (unpaired) electrons. The van der Waals surface area contributed by atoms with Crippen LogP contribution < -0.4 is 0 Å². The molecule has 4 nitrogen and oxygen atoms in total. The molecular weight excluding hydrogens is 228 g/mol. The lowest BCUT2D eigenvalue weighted by atomic mass is 10.2. The quantitative estimate of drug-likeness (QED) is 0.692. The van der Waals surface area contributed by atoms with Crippen LogP contribution in [0.25, 0.3) is 0 Å². The largest absolute Gasteiger partial charge is 0.370 e. The molecule has 0 bridgehead atoms. The molecule has 0 N–H and O–H groups in total. The van der Waals surface area contributed by atoms with Gasteiger partial charge in [-0.3, -0.25) is 0 Å². The Bertz CT molecular complexity index is 326. The van der Waals surface area contributed by atoms with Gasteiger partial charge in [0, 0.05) is 18.9 Å². The smallest absolute Gasteiger partial charge is 0.226 e. The van der Waals surface area contributed by atoms with E-state index in [0.29, 0.717) is 30.1 Å². The highest BCUT2D eigenvalue weighted by Gasteiger charge is 2.36. The molecule has 0 amide bonds. The van der Waals surface area contributed by atoms with Gasteiger partial charge in [0.1, 0.15) is 6.10 Å². The Morgan fingerprint density at radius 2 is 2.38 bits per heavy atom. The predicted molar refractivity (Wildman–Crippen MR) is 60.4 cm³/mol. The van der Waals surface area contributed by atoms with Crippen LogP contribution in [0.15, 0.2) is 4.52 Å². The number of halogens is 1.